The predicted molar refractivity (Wildman–Crippen MR) is 92.4 cm³/mol. The van der Waals surface area contributed by atoms with E-state index in [-0.39, 0.29) is 0 Å². The van der Waals surface area contributed by atoms with Gasteiger partial charge in [0, 0.05) is 11.6 Å². The molecular weight excluding hydrogens is 270 g/mol. The number of aliphatic imine (C=N–C) groups is 1. The Bertz CT molecular complexity index is 660. The highest BCUT2D eigenvalue weighted by molar-refractivity contribution is 6.01. The van der Waals surface area contributed by atoms with Crippen LogP contribution in [0.3, 0.4) is 0 Å². The Morgan fingerprint density at radius 2 is 1.77 bits per heavy atom. The third kappa shape index (κ3) is 4.79. The molecule has 2 aromatic rings. The molecule has 0 aromatic heterocycles. The molecule has 2 heteroatoms. The summed E-state index contributed by atoms with van der Waals surface area (Å²) < 4.78 is 5.14. The van der Waals surface area contributed by atoms with Crippen molar-refractivity contribution in [1.82, 2.24) is 0 Å². The zero-order valence-corrected chi connectivity index (χ0v) is 13.2. The molecule has 22 heavy (non-hydrogen) atoms. The van der Waals surface area contributed by atoms with Crippen molar-refractivity contribution >= 4 is 5.71 Å². The number of methoxy groups -OCH3 is 1. The predicted octanol–water partition coefficient (Wildman–Crippen LogP) is 4.68. The Morgan fingerprint density at radius 1 is 1.05 bits per heavy atom. The minimum absolute atomic E-state index is 0.835. The number of unbranched alkanes of at least 4 members (excludes halogenated alkanes) is 1. The van der Waals surface area contributed by atoms with E-state index in [1.54, 1.807) is 7.11 Å². The van der Waals surface area contributed by atoms with Crippen LogP contribution in [0.25, 0.3) is 0 Å². The number of hydrogen-bond donors (Lipinski definition) is 0. The van der Waals surface area contributed by atoms with Crippen molar-refractivity contribution in [3.8, 4) is 17.7 Å². The van der Waals surface area contributed by atoms with Crippen molar-refractivity contribution < 1.29 is 4.74 Å². The summed E-state index contributed by atoms with van der Waals surface area (Å²) in [7, 11) is 1.66. The number of benzene rings is 2. The molecule has 0 radical (unpaired) electrons. The molecule has 0 spiro atoms. The average Bonchev–Trinajstić information content (AvgIpc) is 2.59. The molecule has 0 saturated heterocycles. The Hall–Kier alpha value is -2.53. The smallest absolute Gasteiger partial charge is 0.118 e. The number of rotatable bonds is 5. The van der Waals surface area contributed by atoms with Gasteiger partial charge in [-0.05, 0) is 48.6 Å². The third-order valence-electron chi connectivity index (χ3n) is 3.36. The quantitative estimate of drug-likeness (QED) is 0.579. The van der Waals surface area contributed by atoms with Gasteiger partial charge in [-0.1, -0.05) is 43.7 Å². The van der Waals surface area contributed by atoms with Crippen LogP contribution in [-0.4, -0.2) is 12.8 Å². The van der Waals surface area contributed by atoms with E-state index in [1.165, 1.54) is 0 Å². The summed E-state index contributed by atoms with van der Waals surface area (Å²) in [5.41, 5.74) is 3.15. The molecule has 2 nitrogen and oxygen atoms in total. The van der Waals surface area contributed by atoms with Crippen LogP contribution < -0.4 is 4.74 Å². The van der Waals surface area contributed by atoms with Gasteiger partial charge in [-0.15, -0.1) is 0 Å². The Balaban J connectivity index is 2.17. The van der Waals surface area contributed by atoms with E-state index >= 15 is 0 Å². The van der Waals surface area contributed by atoms with Gasteiger partial charge in [0.1, 0.15) is 5.75 Å². The molecule has 0 saturated carbocycles. The Labute approximate surface area is 132 Å². The van der Waals surface area contributed by atoms with E-state index in [9.17, 15) is 0 Å². The topological polar surface area (TPSA) is 21.6 Å². The van der Waals surface area contributed by atoms with Crippen LogP contribution in [0.1, 0.15) is 37.3 Å². The molecule has 0 bridgehead atoms. The summed E-state index contributed by atoms with van der Waals surface area (Å²) in [4.78, 5) is 4.49. The molecule has 2 aromatic carbocycles. The maximum atomic E-state index is 5.14. The lowest BCUT2D eigenvalue weighted by Crippen LogP contribution is -2.00. The minimum Gasteiger partial charge on any atom is -0.497 e. The van der Waals surface area contributed by atoms with E-state index in [0.29, 0.717) is 0 Å². The van der Waals surface area contributed by atoms with Gasteiger partial charge in [0.25, 0.3) is 0 Å². The molecule has 0 atom stereocenters. The lowest BCUT2D eigenvalue weighted by atomic mass is 10.0. The first-order valence-electron chi connectivity index (χ1n) is 7.60. The fraction of sp³-hybridized carbons (Fsp3) is 0.250. The fourth-order valence-electron chi connectivity index (χ4n) is 2.07. The fourth-order valence-corrected chi connectivity index (χ4v) is 2.07. The number of ether oxygens (including phenoxy) is 1. The molecule has 0 amide bonds. The van der Waals surface area contributed by atoms with Gasteiger partial charge < -0.3 is 4.74 Å². The van der Waals surface area contributed by atoms with Gasteiger partial charge in [-0.25, -0.2) is 4.99 Å². The summed E-state index contributed by atoms with van der Waals surface area (Å²) in [6.07, 6.45) is 3.23. The van der Waals surface area contributed by atoms with Crippen molar-refractivity contribution in [3.05, 3.63) is 65.7 Å². The second kappa shape index (κ2) is 8.69. The number of nitrogens with zero attached hydrogens (tertiary/aromatic N) is 1. The zero-order chi connectivity index (χ0) is 15.6. The molecule has 0 N–H and O–H groups in total. The minimum atomic E-state index is 0.835. The highest BCUT2D eigenvalue weighted by atomic mass is 16.5. The van der Waals surface area contributed by atoms with Gasteiger partial charge in [-0.2, -0.15) is 0 Å². The molecule has 0 fully saturated rings. The number of hydrogen-bond acceptors (Lipinski definition) is 2. The van der Waals surface area contributed by atoms with Gasteiger partial charge >= 0.3 is 0 Å². The highest BCUT2D eigenvalue weighted by Gasteiger charge is 2.01. The normalized spacial score (nSPS) is 10.7. The summed E-state index contributed by atoms with van der Waals surface area (Å²) >= 11 is 0. The van der Waals surface area contributed by atoms with E-state index in [0.717, 1.165) is 41.9 Å². The van der Waals surface area contributed by atoms with Crippen LogP contribution in [0.15, 0.2) is 59.6 Å². The highest BCUT2D eigenvalue weighted by Crippen LogP contribution is 2.11. The third-order valence-corrected chi connectivity index (χ3v) is 3.36. The lowest BCUT2D eigenvalue weighted by Gasteiger charge is -2.03. The Kier molecular flexibility index (Phi) is 6.26. The van der Waals surface area contributed by atoms with Crippen LogP contribution in [0.5, 0.6) is 5.75 Å². The maximum Gasteiger partial charge on any atom is 0.118 e. The molecule has 0 unspecified atom stereocenters. The van der Waals surface area contributed by atoms with Crippen LogP contribution in [0.4, 0.5) is 0 Å². The average molecular weight is 291 g/mol. The van der Waals surface area contributed by atoms with E-state index in [2.05, 4.69) is 36.0 Å². The molecule has 2 rings (SSSR count). The van der Waals surface area contributed by atoms with Crippen LogP contribution in [0.2, 0.25) is 0 Å². The maximum absolute atomic E-state index is 5.14. The molecule has 112 valence electrons. The van der Waals surface area contributed by atoms with E-state index in [4.69, 9.17) is 4.74 Å². The first kappa shape index (κ1) is 15.9. The van der Waals surface area contributed by atoms with Crippen molar-refractivity contribution in [3.63, 3.8) is 0 Å². The van der Waals surface area contributed by atoms with E-state index < -0.39 is 0 Å². The lowest BCUT2D eigenvalue weighted by molar-refractivity contribution is 0.415. The van der Waals surface area contributed by atoms with Gasteiger partial charge in [0.05, 0.1) is 12.8 Å². The van der Waals surface area contributed by atoms with Crippen molar-refractivity contribution in [2.24, 2.45) is 4.99 Å². The summed E-state index contributed by atoms with van der Waals surface area (Å²) in [6, 6.07) is 20.9. The van der Waals surface area contributed by atoms with Crippen LogP contribution in [-0.2, 0) is 0 Å². The largest absolute Gasteiger partial charge is 0.497 e. The standard InChI is InChI=1S/C20H21NO/c1-3-4-10-20(18-8-6-5-7-9-18)21-16-15-17-11-13-19(22-2)14-12-17/h5-9,11-14H,3-4,10H2,1-2H3. The second-order valence-electron chi connectivity index (χ2n) is 4.99. The van der Waals surface area contributed by atoms with Crippen molar-refractivity contribution in [2.45, 2.75) is 26.2 Å². The van der Waals surface area contributed by atoms with Crippen molar-refractivity contribution in [1.29, 1.82) is 0 Å². The van der Waals surface area contributed by atoms with Crippen LogP contribution in [0, 0.1) is 12.0 Å². The van der Waals surface area contributed by atoms with Gasteiger partial charge in [0.2, 0.25) is 0 Å². The summed E-state index contributed by atoms with van der Waals surface area (Å²) in [5, 5.41) is 0. The zero-order valence-electron chi connectivity index (χ0n) is 13.2. The molecule has 0 heterocycles. The molecular formula is C20H21NO. The second-order valence-corrected chi connectivity index (χ2v) is 4.99. The van der Waals surface area contributed by atoms with Crippen molar-refractivity contribution in [2.75, 3.05) is 7.11 Å². The monoisotopic (exact) mass is 291 g/mol. The summed E-state index contributed by atoms with van der Waals surface area (Å²) in [5.74, 6) is 3.91. The summed E-state index contributed by atoms with van der Waals surface area (Å²) in [6.45, 7) is 2.19. The first-order chi connectivity index (χ1) is 10.8. The molecule has 0 aliphatic carbocycles. The molecule has 0 aliphatic rings. The van der Waals surface area contributed by atoms with Gasteiger partial charge in [-0.3, -0.25) is 0 Å². The Morgan fingerprint density at radius 3 is 2.41 bits per heavy atom. The first-order valence-corrected chi connectivity index (χ1v) is 7.60. The van der Waals surface area contributed by atoms with Gasteiger partial charge in [0.15, 0.2) is 0 Å². The van der Waals surface area contributed by atoms with E-state index in [1.807, 2.05) is 42.5 Å². The molecule has 0 aliphatic heterocycles. The van der Waals surface area contributed by atoms with Crippen LogP contribution >= 0.6 is 0 Å². The SMILES string of the molecule is CCCCC(=NC#Cc1ccc(OC)cc1)c1ccccc1.